The number of aliphatic imine (C=N–C) groups is 1. The largest absolute Gasteiger partial charge is 0.355 e. The van der Waals surface area contributed by atoms with Crippen LogP contribution >= 0.6 is 35.7 Å². The van der Waals surface area contributed by atoms with Gasteiger partial charge in [0, 0.05) is 36.3 Å². The van der Waals surface area contributed by atoms with Gasteiger partial charge in [0.2, 0.25) is 0 Å². The summed E-state index contributed by atoms with van der Waals surface area (Å²) in [5, 5.41) is 3.59. The Labute approximate surface area is 149 Å². The van der Waals surface area contributed by atoms with Crippen molar-refractivity contribution in [2.24, 2.45) is 4.99 Å². The quantitative estimate of drug-likeness (QED) is 0.461. The summed E-state index contributed by atoms with van der Waals surface area (Å²) in [6.07, 6.45) is 5.20. The monoisotopic (exact) mass is 417 g/mol. The molecule has 0 unspecified atom stereocenters. The first-order valence-electron chi connectivity index (χ1n) is 7.51. The molecule has 0 aromatic heterocycles. The van der Waals surface area contributed by atoms with Crippen molar-refractivity contribution in [3.8, 4) is 0 Å². The Hall–Kier alpha value is -0.430. The minimum absolute atomic E-state index is 0. The summed E-state index contributed by atoms with van der Waals surface area (Å²) < 4.78 is 0.386. The first kappa shape index (κ1) is 16.9. The molecule has 1 saturated carbocycles. The Morgan fingerprint density at radius 1 is 1.24 bits per heavy atom. The van der Waals surface area contributed by atoms with Gasteiger partial charge < -0.3 is 10.2 Å². The van der Waals surface area contributed by atoms with Gasteiger partial charge in [0.25, 0.3) is 0 Å². The summed E-state index contributed by atoms with van der Waals surface area (Å²) in [5.74, 6) is 1.09. The maximum atomic E-state index is 4.43. The Bertz CT molecular complexity index is 468. The third-order valence-corrected chi connectivity index (χ3v) is 5.56. The molecule has 0 radical (unpaired) electrons. The van der Waals surface area contributed by atoms with Crippen LogP contribution in [0.15, 0.2) is 40.2 Å². The van der Waals surface area contributed by atoms with Gasteiger partial charge >= 0.3 is 0 Å². The van der Waals surface area contributed by atoms with E-state index in [1.807, 2.05) is 18.8 Å². The highest BCUT2D eigenvalue weighted by atomic mass is 127. The molecule has 21 heavy (non-hydrogen) atoms. The summed E-state index contributed by atoms with van der Waals surface area (Å²) in [4.78, 5) is 8.19. The van der Waals surface area contributed by atoms with Crippen LogP contribution in [0.3, 0.4) is 0 Å². The van der Waals surface area contributed by atoms with Crippen molar-refractivity contribution in [1.29, 1.82) is 0 Å². The van der Waals surface area contributed by atoms with E-state index >= 15 is 0 Å². The van der Waals surface area contributed by atoms with Gasteiger partial charge in [-0.25, -0.2) is 0 Å². The van der Waals surface area contributed by atoms with Crippen molar-refractivity contribution >= 4 is 41.7 Å². The number of hydrogen-bond acceptors (Lipinski definition) is 2. The second kappa shape index (κ2) is 7.72. The first-order chi connectivity index (χ1) is 9.81. The minimum atomic E-state index is 0. The van der Waals surface area contributed by atoms with Crippen LogP contribution in [0.25, 0.3) is 0 Å². The van der Waals surface area contributed by atoms with E-state index in [4.69, 9.17) is 0 Å². The van der Waals surface area contributed by atoms with Gasteiger partial charge in [0.1, 0.15) is 0 Å². The normalized spacial score (nSPS) is 20.0. The molecule has 0 atom stereocenters. The van der Waals surface area contributed by atoms with Gasteiger partial charge in [-0.2, -0.15) is 0 Å². The molecule has 1 aliphatic carbocycles. The first-order valence-corrected chi connectivity index (χ1v) is 8.33. The molecule has 3 rings (SSSR count). The molecule has 2 fully saturated rings. The second-order valence-electron chi connectivity index (χ2n) is 5.69. The van der Waals surface area contributed by atoms with E-state index < -0.39 is 0 Å². The summed E-state index contributed by atoms with van der Waals surface area (Å²) in [6.45, 7) is 3.33. The lowest BCUT2D eigenvalue weighted by atomic mass is 10.4. The third-order valence-electron chi connectivity index (χ3n) is 4.07. The zero-order valence-corrected chi connectivity index (χ0v) is 15.7. The van der Waals surface area contributed by atoms with Crippen LogP contribution in [0, 0.1) is 0 Å². The number of halogens is 1. The van der Waals surface area contributed by atoms with Crippen molar-refractivity contribution in [1.82, 2.24) is 10.2 Å². The number of nitrogens with one attached hydrogen (secondary N) is 1. The fourth-order valence-corrected chi connectivity index (χ4v) is 3.94. The molecule has 1 aromatic rings. The predicted octanol–water partition coefficient (Wildman–Crippen LogP) is 3.60. The Kier molecular flexibility index (Phi) is 6.22. The molecule has 0 spiro atoms. The van der Waals surface area contributed by atoms with E-state index in [2.05, 4.69) is 45.5 Å². The Morgan fingerprint density at radius 3 is 2.48 bits per heavy atom. The van der Waals surface area contributed by atoms with Gasteiger partial charge in [-0.3, -0.25) is 4.99 Å². The smallest absolute Gasteiger partial charge is 0.193 e. The fourth-order valence-electron chi connectivity index (χ4n) is 2.69. The number of rotatable bonds is 4. The van der Waals surface area contributed by atoms with E-state index in [9.17, 15) is 0 Å². The van der Waals surface area contributed by atoms with E-state index in [1.165, 1.54) is 30.6 Å². The highest BCUT2D eigenvalue weighted by Gasteiger charge is 2.43. The number of nitrogens with zero attached hydrogens (tertiary/aromatic N) is 2. The fraction of sp³-hybridized carbons (Fsp3) is 0.562. The average molecular weight is 417 g/mol. The Morgan fingerprint density at radius 2 is 1.90 bits per heavy atom. The minimum Gasteiger partial charge on any atom is -0.355 e. The maximum Gasteiger partial charge on any atom is 0.193 e. The summed E-state index contributed by atoms with van der Waals surface area (Å²) >= 11 is 2.02. The number of guanidine groups is 1. The van der Waals surface area contributed by atoms with Crippen molar-refractivity contribution in [3.05, 3.63) is 30.3 Å². The van der Waals surface area contributed by atoms with Crippen molar-refractivity contribution in [2.75, 3.05) is 26.7 Å². The number of hydrogen-bond donors (Lipinski definition) is 1. The van der Waals surface area contributed by atoms with Crippen LogP contribution in [-0.4, -0.2) is 42.3 Å². The molecule has 5 heteroatoms. The number of likely N-dealkylation sites (tertiary alicyclic amines) is 1. The lowest BCUT2D eigenvalue weighted by Gasteiger charge is -2.23. The van der Waals surface area contributed by atoms with Crippen LogP contribution in [0.1, 0.15) is 25.7 Å². The lowest BCUT2D eigenvalue weighted by Crippen LogP contribution is -2.42. The molecule has 1 aromatic carbocycles. The predicted molar refractivity (Wildman–Crippen MR) is 102 cm³/mol. The summed E-state index contributed by atoms with van der Waals surface area (Å²) in [5.41, 5.74) is 0. The number of thioether (sulfide) groups is 1. The molecule has 0 amide bonds. The summed E-state index contributed by atoms with van der Waals surface area (Å²) in [6, 6.07) is 10.7. The van der Waals surface area contributed by atoms with Gasteiger partial charge in [-0.1, -0.05) is 18.2 Å². The number of benzene rings is 1. The molecule has 3 nitrogen and oxygen atoms in total. The lowest BCUT2D eigenvalue weighted by molar-refractivity contribution is 0.493. The third kappa shape index (κ3) is 4.52. The molecule has 1 heterocycles. The second-order valence-corrected chi connectivity index (χ2v) is 7.23. The van der Waals surface area contributed by atoms with Gasteiger partial charge in [-0.05, 0) is 37.8 Å². The average Bonchev–Trinajstić information content (AvgIpc) is 3.02. The SMILES string of the molecule is CN=C(NCC1(Sc2ccccc2)CC1)N1CCCC1.I. The molecule has 0 bridgehead atoms. The van der Waals surface area contributed by atoms with E-state index in [-0.39, 0.29) is 24.0 Å². The maximum absolute atomic E-state index is 4.43. The van der Waals surface area contributed by atoms with Gasteiger partial charge in [0.05, 0.1) is 0 Å². The van der Waals surface area contributed by atoms with E-state index in [1.54, 1.807) is 0 Å². The van der Waals surface area contributed by atoms with Crippen LogP contribution in [0.5, 0.6) is 0 Å². The molecule has 1 aliphatic heterocycles. The molecular formula is C16H24IN3S. The van der Waals surface area contributed by atoms with E-state index in [0.717, 1.165) is 25.6 Å². The van der Waals surface area contributed by atoms with Crippen LogP contribution in [0.4, 0.5) is 0 Å². The summed E-state index contributed by atoms with van der Waals surface area (Å²) in [7, 11) is 1.89. The van der Waals surface area contributed by atoms with Gasteiger partial charge in [0.15, 0.2) is 5.96 Å². The van der Waals surface area contributed by atoms with Crippen LogP contribution in [-0.2, 0) is 0 Å². The van der Waals surface area contributed by atoms with Crippen molar-refractivity contribution in [3.63, 3.8) is 0 Å². The van der Waals surface area contributed by atoms with Crippen LogP contribution < -0.4 is 5.32 Å². The zero-order valence-electron chi connectivity index (χ0n) is 12.5. The molecular weight excluding hydrogens is 393 g/mol. The zero-order chi connectivity index (χ0) is 13.8. The highest BCUT2D eigenvalue weighted by molar-refractivity contribution is 14.0. The van der Waals surface area contributed by atoms with E-state index in [0.29, 0.717) is 4.75 Å². The van der Waals surface area contributed by atoms with Crippen LogP contribution in [0.2, 0.25) is 0 Å². The topological polar surface area (TPSA) is 27.6 Å². The molecule has 1 saturated heterocycles. The highest BCUT2D eigenvalue weighted by Crippen LogP contribution is 2.51. The Balaban J connectivity index is 0.00000161. The standard InChI is InChI=1S/C16H23N3S.HI/c1-17-15(19-11-5-6-12-19)18-13-16(9-10-16)20-14-7-3-2-4-8-14;/h2-4,7-8H,5-6,9-13H2,1H3,(H,17,18);1H. The molecule has 2 aliphatic rings. The van der Waals surface area contributed by atoms with Gasteiger partial charge in [-0.15, -0.1) is 35.7 Å². The van der Waals surface area contributed by atoms with Crippen molar-refractivity contribution in [2.45, 2.75) is 35.3 Å². The van der Waals surface area contributed by atoms with Crippen molar-refractivity contribution < 1.29 is 0 Å². The molecule has 1 N–H and O–H groups in total. The molecule has 116 valence electrons.